The monoisotopic (exact) mass is 343 g/mol. The second kappa shape index (κ2) is 7.23. The Labute approximate surface area is 146 Å². The number of hydrogen-bond acceptors (Lipinski definition) is 3. The number of amides is 1. The van der Waals surface area contributed by atoms with Crippen LogP contribution in [0, 0.1) is 11.7 Å². The summed E-state index contributed by atoms with van der Waals surface area (Å²) in [5.41, 5.74) is -0.217. The molecule has 1 amide bonds. The molecular formula is C20H22FNO3. The van der Waals surface area contributed by atoms with Crippen LogP contribution in [-0.2, 0) is 10.4 Å². The van der Waals surface area contributed by atoms with Crippen LogP contribution in [-0.4, -0.2) is 17.6 Å². The van der Waals surface area contributed by atoms with Gasteiger partial charge in [-0.1, -0.05) is 30.3 Å². The molecule has 2 aromatic rings. The Kier molecular flexibility index (Phi) is 5.04. The van der Waals surface area contributed by atoms with Gasteiger partial charge in [0.1, 0.15) is 11.6 Å². The fraction of sp³-hybridized carbons (Fsp3) is 0.350. The molecule has 5 heteroatoms. The summed E-state index contributed by atoms with van der Waals surface area (Å²) < 4.78 is 19.1. The molecule has 0 aliphatic heterocycles. The number of rotatable bonds is 7. The molecule has 0 aromatic heterocycles. The molecule has 3 rings (SSSR count). The van der Waals surface area contributed by atoms with E-state index in [-0.39, 0.29) is 12.3 Å². The third kappa shape index (κ3) is 4.79. The first kappa shape index (κ1) is 17.4. The van der Waals surface area contributed by atoms with Gasteiger partial charge in [-0.3, -0.25) is 4.79 Å². The molecule has 25 heavy (non-hydrogen) atoms. The van der Waals surface area contributed by atoms with Gasteiger partial charge in [-0.25, -0.2) is 4.39 Å². The summed E-state index contributed by atoms with van der Waals surface area (Å²) in [7, 11) is 0. The van der Waals surface area contributed by atoms with Gasteiger partial charge >= 0.3 is 0 Å². The summed E-state index contributed by atoms with van der Waals surface area (Å²) in [6, 6.07) is 13.0. The highest BCUT2D eigenvalue weighted by Gasteiger charge is 2.27. The predicted molar refractivity (Wildman–Crippen MR) is 93.9 cm³/mol. The Balaban J connectivity index is 1.67. The third-order valence-corrected chi connectivity index (χ3v) is 4.29. The van der Waals surface area contributed by atoms with E-state index in [1.807, 2.05) is 18.2 Å². The number of ether oxygens (including phenoxy) is 1. The summed E-state index contributed by atoms with van der Waals surface area (Å²) in [5, 5.41) is 13.3. The summed E-state index contributed by atoms with van der Waals surface area (Å²) in [5.74, 6) is 0.0575. The lowest BCUT2D eigenvalue weighted by Crippen LogP contribution is -2.28. The van der Waals surface area contributed by atoms with Gasteiger partial charge < -0.3 is 15.2 Å². The fourth-order valence-corrected chi connectivity index (χ4v) is 2.62. The number of nitrogens with one attached hydrogen (secondary N) is 1. The van der Waals surface area contributed by atoms with E-state index in [4.69, 9.17) is 4.74 Å². The van der Waals surface area contributed by atoms with Crippen LogP contribution in [0.5, 0.6) is 5.75 Å². The zero-order chi connectivity index (χ0) is 17.9. The SMILES string of the molecule is CC(O)(CC(=O)Nc1ccc(F)cc1OCC1CC1)c1ccccc1. The molecule has 0 saturated heterocycles. The molecule has 0 heterocycles. The minimum absolute atomic E-state index is 0.115. The molecule has 1 saturated carbocycles. The van der Waals surface area contributed by atoms with Gasteiger partial charge in [-0.15, -0.1) is 0 Å². The molecule has 4 nitrogen and oxygen atoms in total. The Bertz CT molecular complexity index is 742. The van der Waals surface area contributed by atoms with E-state index >= 15 is 0 Å². The van der Waals surface area contributed by atoms with Crippen molar-refractivity contribution in [3.8, 4) is 5.75 Å². The van der Waals surface area contributed by atoms with Crippen molar-refractivity contribution in [2.75, 3.05) is 11.9 Å². The van der Waals surface area contributed by atoms with E-state index in [2.05, 4.69) is 5.32 Å². The van der Waals surface area contributed by atoms with Crippen molar-refractivity contribution in [3.05, 3.63) is 59.9 Å². The van der Waals surface area contributed by atoms with Crippen molar-refractivity contribution in [2.24, 2.45) is 5.92 Å². The van der Waals surface area contributed by atoms with Crippen molar-refractivity contribution in [2.45, 2.75) is 31.8 Å². The first-order chi connectivity index (χ1) is 11.9. The van der Waals surface area contributed by atoms with Crippen molar-refractivity contribution in [1.82, 2.24) is 0 Å². The molecule has 1 unspecified atom stereocenters. The van der Waals surface area contributed by atoms with Gasteiger partial charge in [0, 0.05) is 6.07 Å². The van der Waals surface area contributed by atoms with Crippen LogP contribution in [0.3, 0.4) is 0 Å². The number of hydrogen-bond donors (Lipinski definition) is 2. The van der Waals surface area contributed by atoms with Gasteiger partial charge in [0.25, 0.3) is 0 Å². The van der Waals surface area contributed by atoms with Gasteiger partial charge in [0.2, 0.25) is 5.91 Å². The van der Waals surface area contributed by atoms with Crippen LogP contribution in [0.15, 0.2) is 48.5 Å². The molecule has 2 aromatic carbocycles. The molecule has 1 aliphatic rings. The molecule has 1 aliphatic carbocycles. The van der Waals surface area contributed by atoms with E-state index in [9.17, 15) is 14.3 Å². The number of carbonyl (C=O) groups excluding carboxylic acids is 1. The topological polar surface area (TPSA) is 58.6 Å². The van der Waals surface area contributed by atoms with Gasteiger partial charge in [-0.2, -0.15) is 0 Å². The average molecular weight is 343 g/mol. The summed E-state index contributed by atoms with van der Waals surface area (Å²) in [6.07, 6.45) is 2.13. The largest absolute Gasteiger partial charge is 0.491 e. The molecule has 1 atom stereocenters. The second-order valence-electron chi connectivity index (χ2n) is 6.76. The van der Waals surface area contributed by atoms with Crippen molar-refractivity contribution in [1.29, 1.82) is 0 Å². The van der Waals surface area contributed by atoms with Crippen LogP contribution < -0.4 is 10.1 Å². The molecular weight excluding hydrogens is 321 g/mol. The average Bonchev–Trinajstić information content (AvgIpc) is 3.40. The lowest BCUT2D eigenvalue weighted by Gasteiger charge is -2.23. The van der Waals surface area contributed by atoms with E-state index < -0.39 is 11.4 Å². The van der Waals surface area contributed by atoms with Gasteiger partial charge in [0.05, 0.1) is 24.3 Å². The Morgan fingerprint density at radius 2 is 2.00 bits per heavy atom. The van der Waals surface area contributed by atoms with E-state index in [0.29, 0.717) is 29.5 Å². The zero-order valence-corrected chi connectivity index (χ0v) is 14.2. The van der Waals surface area contributed by atoms with Crippen molar-refractivity contribution >= 4 is 11.6 Å². The highest BCUT2D eigenvalue weighted by Crippen LogP contribution is 2.33. The second-order valence-corrected chi connectivity index (χ2v) is 6.76. The number of halogens is 1. The lowest BCUT2D eigenvalue weighted by molar-refractivity contribution is -0.120. The maximum absolute atomic E-state index is 13.5. The standard InChI is InChI=1S/C20H22FNO3/c1-20(24,15-5-3-2-4-6-15)12-19(23)22-17-10-9-16(21)11-18(17)25-13-14-7-8-14/h2-6,9-11,14,24H,7-8,12-13H2,1H3,(H,22,23). The van der Waals surface area contributed by atoms with E-state index in [1.165, 1.54) is 18.2 Å². The molecule has 0 radical (unpaired) electrons. The van der Waals surface area contributed by atoms with Gasteiger partial charge in [0.15, 0.2) is 0 Å². The first-order valence-corrected chi connectivity index (χ1v) is 8.44. The predicted octanol–water partition coefficient (Wildman–Crippen LogP) is 3.85. The van der Waals surface area contributed by atoms with Crippen LogP contribution >= 0.6 is 0 Å². The Morgan fingerprint density at radius 3 is 2.68 bits per heavy atom. The maximum Gasteiger partial charge on any atom is 0.227 e. The van der Waals surface area contributed by atoms with Gasteiger partial charge in [-0.05, 0) is 43.4 Å². The highest BCUT2D eigenvalue weighted by molar-refractivity contribution is 5.93. The normalized spacial score (nSPS) is 16.1. The molecule has 1 fully saturated rings. The van der Waals surface area contributed by atoms with Crippen LogP contribution in [0.2, 0.25) is 0 Å². The fourth-order valence-electron chi connectivity index (χ4n) is 2.62. The summed E-state index contributed by atoms with van der Waals surface area (Å²) in [6.45, 7) is 2.12. The molecule has 132 valence electrons. The summed E-state index contributed by atoms with van der Waals surface area (Å²) in [4.78, 5) is 12.4. The van der Waals surface area contributed by atoms with Crippen molar-refractivity contribution < 1.29 is 19.0 Å². The summed E-state index contributed by atoms with van der Waals surface area (Å²) >= 11 is 0. The lowest BCUT2D eigenvalue weighted by atomic mass is 9.92. The highest BCUT2D eigenvalue weighted by atomic mass is 19.1. The van der Waals surface area contributed by atoms with E-state index in [1.54, 1.807) is 19.1 Å². The van der Waals surface area contributed by atoms with Crippen LogP contribution in [0.25, 0.3) is 0 Å². The Hall–Kier alpha value is -2.40. The number of benzene rings is 2. The van der Waals surface area contributed by atoms with Crippen LogP contribution in [0.4, 0.5) is 10.1 Å². The molecule has 2 N–H and O–H groups in total. The minimum atomic E-state index is -1.29. The minimum Gasteiger partial charge on any atom is -0.491 e. The number of carbonyl (C=O) groups is 1. The quantitative estimate of drug-likeness (QED) is 0.803. The van der Waals surface area contributed by atoms with Crippen LogP contribution in [0.1, 0.15) is 31.7 Å². The number of anilines is 1. The van der Waals surface area contributed by atoms with Crippen molar-refractivity contribution in [3.63, 3.8) is 0 Å². The zero-order valence-electron chi connectivity index (χ0n) is 14.2. The third-order valence-electron chi connectivity index (χ3n) is 4.29. The molecule has 0 spiro atoms. The maximum atomic E-state index is 13.5. The smallest absolute Gasteiger partial charge is 0.227 e. The number of aliphatic hydroxyl groups is 1. The van der Waals surface area contributed by atoms with E-state index in [0.717, 1.165) is 12.8 Å². The first-order valence-electron chi connectivity index (χ1n) is 8.44. The molecule has 0 bridgehead atoms. The Morgan fingerprint density at radius 1 is 1.28 bits per heavy atom.